The number of rotatable bonds is 3. The van der Waals surface area contributed by atoms with Gasteiger partial charge in [-0.3, -0.25) is 4.98 Å². The summed E-state index contributed by atoms with van der Waals surface area (Å²) in [6.45, 7) is 2.06. The molecule has 0 radical (unpaired) electrons. The van der Waals surface area contributed by atoms with E-state index in [1.165, 1.54) is 0 Å². The zero-order chi connectivity index (χ0) is 14.8. The lowest BCUT2D eigenvalue weighted by Gasteiger charge is -2.13. The predicted molar refractivity (Wildman–Crippen MR) is 89.3 cm³/mol. The Balaban J connectivity index is 1.90. The molecule has 2 nitrogen and oxygen atoms in total. The number of hydrogen-bond acceptors (Lipinski definition) is 2. The normalized spacial score (nSPS) is 12.5. The van der Waals surface area contributed by atoms with Gasteiger partial charge >= 0.3 is 0 Å². The number of halogens is 1. The molecule has 1 heterocycles. The fourth-order valence-corrected chi connectivity index (χ4v) is 2.76. The zero-order valence-electron chi connectivity index (χ0n) is 11.8. The summed E-state index contributed by atoms with van der Waals surface area (Å²) < 4.78 is 1.04. The van der Waals surface area contributed by atoms with Gasteiger partial charge in [-0.1, -0.05) is 46.3 Å². The van der Waals surface area contributed by atoms with Gasteiger partial charge in [-0.25, -0.2) is 0 Å². The van der Waals surface area contributed by atoms with Crippen LogP contribution in [0, 0.1) is 6.92 Å². The van der Waals surface area contributed by atoms with Crippen molar-refractivity contribution < 1.29 is 5.11 Å². The highest BCUT2D eigenvalue weighted by Gasteiger charge is 2.12. The molecule has 21 heavy (non-hydrogen) atoms. The summed E-state index contributed by atoms with van der Waals surface area (Å²) in [5.74, 6) is 0. The average molecular weight is 342 g/mol. The number of aliphatic hydroxyl groups is 1. The molecule has 2 aromatic carbocycles. The summed E-state index contributed by atoms with van der Waals surface area (Å²) in [5.41, 5.74) is 3.90. The fraction of sp³-hybridized carbons (Fsp3) is 0.167. The second-order valence-electron chi connectivity index (χ2n) is 5.23. The van der Waals surface area contributed by atoms with Crippen molar-refractivity contribution in [3.8, 4) is 0 Å². The van der Waals surface area contributed by atoms with Gasteiger partial charge in [-0.2, -0.15) is 0 Å². The molecule has 0 spiro atoms. The number of aliphatic hydroxyl groups excluding tert-OH is 1. The minimum absolute atomic E-state index is 0.568. The SMILES string of the molecule is Cc1cc(C(O)Cc2ccc(Br)cc2)nc2ccccc12. The van der Waals surface area contributed by atoms with Crippen molar-refractivity contribution in [2.45, 2.75) is 19.4 Å². The lowest BCUT2D eigenvalue weighted by Crippen LogP contribution is -2.05. The molecular weight excluding hydrogens is 326 g/mol. The first-order valence-corrected chi connectivity index (χ1v) is 7.71. The van der Waals surface area contributed by atoms with Crippen LogP contribution in [0.2, 0.25) is 0 Å². The summed E-state index contributed by atoms with van der Waals surface area (Å²) in [5, 5.41) is 11.6. The van der Waals surface area contributed by atoms with Crippen molar-refractivity contribution in [2.75, 3.05) is 0 Å². The monoisotopic (exact) mass is 341 g/mol. The third kappa shape index (κ3) is 3.14. The topological polar surface area (TPSA) is 33.1 Å². The van der Waals surface area contributed by atoms with Crippen LogP contribution in [-0.4, -0.2) is 10.1 Å². The first-order valence-electron chi connectivity index (χ1n) is 6.92. The minimum atomic E-state index is -0.588. The van der Waals surface area contributed by atoms with E-state index in [9.17, 15) is 5.11 Å². The Morgan fingerprint density at radius 3 is 2.57 bits per heavy atom. The molecule has 0 saturated carbocycles. The molecule has 3 aromatic rings. The van der Waals surface area contributed by atoms with Crippen molar-refractivity contribution in [1.82, 2.24) is 4.98 Å². The van der Waals surface area contributed by atoms with Gasteiger partial charge in [-0.05, 0) is 42.3 Å². The van der Waals surface area contributed by atoms with Crippen molar-refractivity contribution >= 4 is 26.8 Å². The van der Waals surface area contributed by atoms with Crippen molar-refractivity contribution in [3.63, 3.8) is 0 Å². The van der Waals surface area contributed by atoms with E-state index in [-0.39, 0.29) is 0 Å². The Labute approximate surface area is 132 Å². The maximum absolute atomic E-state index is 10.5. The predicted octanol–water partition coefficient (Wildman–Crippen LogP) is 4.58. The summed E-state index contributed by atoms with van der Waals surface area (Å²) >= 11 is 3.42. The fourth-order valence-electron chi connectivity index (χ4n) is 2.49. The van der Waals surface area contributed by atoms with Crippen LogP contribution in [0.4, 0.5) is 0 Å². The van der Waals surface area contributed by atoms with Crippen LogP contribution in [0.5, 0.6) is 0 Å². The molecule has 0 bridgehead atoms. The summed E-state index contributed by atoms with van der Waals surface area (Å²) in [7, 11) is 0. The molecule has 1 unspecified atom stereocenters. The molecule has 3 rings (SSSR count). The smallest absolute Gasteiger partial charge is 0.1000 e. The van der Waals surface area contributed by atoms with E-state index in [4.69, 9.17) is 0 Å². The Hall–Kier alpha value is -1.71. The van der Waals surface area contributed by atoms with E-state index >= 15 is 0 Å². The van der Waals surface area contributed by atoms with E-state index in [1.807, 2.05) is 48.5 Å². The molecule has 106 valence electrons. The van der Waals surface area contributed by atoms with E-state index in [1.54, 1.807) is 0 Å². The van der Waals surface area contributed by atoms with Crippen LogP contribution in [0.3, 0.4) is 0 Å². The number of fused-ring (bicyclic) bond motifs is 1. The third-order valence-electron chi connectivity index (χ3n) is 3.63. The average Bonchev–Trinajstić information content (AvgIpc) is 2.49. The second kappa shape index (κ2) is 5.96. The lowest BCUT2D eigenvalue weighted by molar-refractivity contribution is 0.174. The minimum Gasteiger partial charge on any atom is -0.386 e. The molecule has 0 fully saturated rings. The summed E-state index contributed by atoms with van der Waals surface area (Å²) in [6.07, 6.45) is -0.0209. The largest absolute Gasteiger partial charge is 0.386 e. The van der Waals surface area contributed by atoms with Crippen LogP contribution < -0.4 is 0 Å². The van der Waals surface area contributed by atoms with Gasteiger partial charge in [0.15, 0.2) is 0 Å². The maximum Gasteiger partial charge on any atom is 0.1000 e. The second-order valence-corrected chi connectivity index (χ2v) is 6.14. The number of aryl methyl sites for hydroxylation is 1. The highest BCUT2D eigenvalue weighted by atomic mass is 79.9. The van der Waals surface area contributed by atoms with Crippen LogP contribution >= 0.6 is 15.9 Å². The molecule has 0 aliphatic heterocycles. The molecule has 0 saturated heterocycles. The molecule has 1 N–H and O–H groups in total. The molecule has 1 aromatic heterocycles. The van der Waals surface area contributed by atoms with Gasteiger partial charge in [0.2, 0.25) is 0 Å². The number of benzene rings is 2. The number of para-hydroxylation sites is 1. The van der Waals surface area contributed by atoms with E-state index in [0.717, 1.165) is 32.2 Å². The molecule has 1 atom stereocenters. The third-order valence-corrected chi connectivity index (χ3v) is 4.16. The standard InChI is InChI=1S/C18H16BrNO/c1-12-10-17(20-16-5-3-2-4-15(12)16)18(21)11-13-6-8-14(19)9-7-13/h2-10,18,21H,11H2,1H3. The maximum atomic E-state index is 10.5. The van der Waals surface area contributed by atoms with Gasteiger partial charge in [0.05, 0.1) is 17.3 Å². The van der Waals surface area contributed by atoms with Crippen LogP contribution in [0.1, 0.15) is 22.9 Å². The van der Waals surface area contributed by atoms with Crippen molar-refractivity contribution in [1.29, 1.82) is 0 Å². The Bertz CT molecular complexity index is 768. The van der Waals surface area contributed by atoms with Gasteiger partial charge in [-0.15, -0.1) is 0 Å². The van der Waals surface area contributed by atoms with Crippen LogP contribution in [0.25, 0.3) is 10.9 Å². The zero-order valence-corrected chi connectivity index (χ0v) is 13.3. The van der Waals surface area contributed by atoms with E-state index in [2.05, 4.69) is 33.9 Å². The lowest BCUT2D eigenvalue weighted by atomic mass is 10.0. The van der Waals surface area contributed by atoms with Gasteiger partial charge in [0.1, 0.15) is 0 Å². The Morgan fingerprint density at radius 2 is 1.81 bits per heavy atom. The summed E-state index contributed by atoms with van der Waals surface area (Å²) in [6, 6.07) is 18.0. The summed E-state index contributed by atoms with van der Waals surface area (Å²) in [4.78, 5) is 4.59. The Morgan fingerprint density at radius 1 is 1.10 bits per heavy atom. The highest BCUT2D eigenvalue weighted by molar-refractivity contribution is 9.10. The number of hydrogen-bond donors (Lipinski definition) is 1. The first kappa shape index (κ1) is 14.2. The van der Waals surface area contributed by atoms with Crippen LogP contribution in [-0.2, 0) is 6.42 Å². The first-order chi connectivity index (χ1) is 10.1. The number of pyridine rings is 1. The van der Waals surface area contributed by atoms with Gasteiger partial charge in [0, 0.05) is 16.3 Å². The molecule has 3 heteroatoms. The Kier molecular flexibility index (Phi) is 4.04. The van der Waals surface area contributed by atoms with Crippen molar-refractivity contribution in [3.05, 3.63) is 75.9 Å². The van der Waals surface area contributed by atoms with Crippen molar-refractivity contribution in [2.24, 2.45) is 0 Å². The van der Waals surface area contributed by atoms with E-state index < -0.39 is 6.10 Å². The number of aromatic nitrogens is 1. The molecule has 0 aliphatic carbocycles. The quantitative estimate of drug-likeness (QED) is 0.756. The van der Waals surface area contributed by atoms with Gasteiger partial charge < -0.3 is 5.11 Å². The van der Waals surface area contributed by atoms with Gasteiger partial charge in [0.25, 0.3) is 0 Å². The molecule has 0 amide bonds. The molecule has 0 aliphatic rings. The molecular formula is C18H16BrNO. The number of nitrogens with zero attached hydrogens (tertiary/aromatic N) is 1. The highest BCUT2D eigenvalue weighted by Crippen LogP contribution is 2.23. The van der Waals surface area contributed by atoms with E-state index in [0.29, 0.717) is 6.42 Å². The van der Waals surface area contributed by atoms with Crippen LogP contribution in [0.15, 0.2) is 59.1 Å².